The predicted octanol–water partition coefficient (Wildman–Crippen LogP) is 11.6. The highest BCUT2D eigenvalue weighted by Gasteiger charge is 2.15. The van der Waals surface area contributed by atoms with E-state index in [-0.39, 0.29) is 35.6 Å². The molecule has 0 amide bonds. The summed E-state index contributed by atoms with van der Waals surface area (Å²) >= 11 is 0. The summed E-state index contributed by atoms with van der Waals surface area (Å²) in [7, 11) is 0. The summed E-state index contributed by atoms with van der Waals surface area (Å²) < 4.78 is 12.2. The van der Waals surface area contributed by atoms with Crippen molar-refractivity contribution in [2.24, 2.45) is 0 Å². The van der Waals surface area contributed by atoms with Crippen molar-refractivity contribution in [3.63, 3.8) is 0 Å². The molecule has 0 fully saturated rings. The Morgan fingerprint density at radius 2 is 0.792 bits per heavy atom. The Kier molecular flexibility index (Phi) is 12.5. The second kappa shape index (κ2) is 15.9. The number of benzene rings is 5. The maximum Gasteiger partial charge on any atom is 0.131 e. The van der Waals surface area contributed by atoms with E-state index in [1.165, 1.54) is 11.1 Å². The van der Waals surface area contributed by atoms with Crippen molar-refractivity contribution in [2.45, 2.75) is 52.4 Å². The highest BCUT2D eigenvalue weighted by molar-refractivity contribution is 6.06. The molecule has 5 aromatic rings. The lowest BCUT2D eigenvalue weighted by Crippen LogP contribution is -2.14. The van der Waals surface area contributed by atoms with E-state index in [4.69, 9.17) is 20.3 Å². The second-order valence-corrected chi connectivity index (χ2v) is 13.4. The molecule has 0 aliphatic heterocycles. The number of amidine groups is 2. The molecule has 0 saturated carbocycles. The summed E-state index contributed by atoms with van der Waals surface area (Å²) in [6, 6.07) is 38.8. The van der Waals surface area contributed by atoms with E-state index in [0.717, 1.165) is 22.5 Å². The number of rotatable bonds is 8. The smallest absolute Gasteiger partial charge is 0.131 e. The number of hydrogen-bond donors (Lipinski definition) is 4. The minimum Gasteiger partial charge on any atom is -0.457 e. The monoisotopic (exact) mass is 682 g/mol. The summed E-state index contributed by atoms with van der Waals surface area (Å²) in [6.45, 7) is 13.1. The molecule has 48 heavy (non-hydrogen) atoms. The predicted molar refractivity (Wildman–Crippen MR) is 205 cm³/mol. The molecule has 0 aliphatic carbocycles. The van der Waals surface area contributed by atoms with Gasteiger partial charge in [-0.05, 0) is 82.6 Å². The van der Waals surface area contributed by atoms with Gasteiger partial charge in [0.05, 0.1) is 0 Å². The Balaban J connectivity index is 0.00000312. The van der Waals surface area contributed by atoms with E-state index in [9.17, 15) is 0 Å². The molecule has 0 saturated heterocycles. The summed E-state index contributed by atoms with van der Waals surface area (Å²) in [4.78, 5) is 0. The topological polar surface area (TPSA) is 90.2 Å². The molecule has 4 N–H and O–H groups in total. The first-order valence-electron chi connectivity index (χ1n) is 15.4. The van der Waals surface area contributed by atoms with Crippen LogP contribution in [0.1, 0.15) is 63.8 Å². The lowest BCUT2D eigenvalue weighted by molar-refractivity contribution is 0.460. The number of anilines is 2. The van der Waals surface area contributed by atoms with Gasteiger partial charge in [-0.2, -0.15) is 0 Å². The van der Waals surface area contributed by atoms with E-state index in [1.54, 1.807) is 0 Å². The van der Waals surface area contributed by atoms with Crippen molar-refractivity contribution < 1.29 is 9.47 Å². The van der Waals surface area contributed by atoms with Crippen LogP contribution in [-0.4, -0.2) is 11.7 Å². The average molecular weight is 684 g/mol. The Hall–Kier alpha value is -4.78. The van der Waals surface area contributed by atoms with E-state index < -0.39 is 0 Å². The van der Waals surface area contributed by atoms with Gasteiger partial charge in [-0.15, -0.1) is 24.8 Å². The molecule has 0 atom stereocenters. The zero-order chi connectivity index (χ0) is 32.9. The first-order chi connectivity index (χ1) is 21.8. The highest BCUT2D eigenvalue weighted by Crippen LogP contribution is 2.30. The van der Waals surface area contributed by atoms with Gasteiger partial charge in [0.2, 0.25) is 0 Å². The van der Waals surface area contributed by atoms with Gasteiger partial charge >= 0.3 is 0 Å². The van der Waals surface area contributed by atoms with E-state index in [0.29, 0.717) is 34.7 Å². The maximum atomic E-state index is 8.47. The first kappa shape index (κ1) is 37.7. The fourth-order valence-electron chi connectivity index (χ4n) is 4.79. The fourth-order valence-corrected chi connectivity index (χ4v) is 4.79. The molecule has 250 valence electrons. The molecule has 0 unspecified atom stereocenters. The van der Waals surface area contributed by atoms with Crippen LogP contribution in [0.4, 0.5) is 11.4 Å². The summed E-state index contributed by atoms with van der Waals surface area (Å²) in [6.07, 6.45) is 0. The molecular weight excluding hydrogens is 639 g/mol. The molecule has 8 heteroatoms. The van der Waals surface area contributed by atoms with Crippen LogP contribution in [0.5, 0.6) is 23.0 Å². The van der Waals surface area contributed by atoms with E-state index in [1.807, 2.05) is 97.1 Å². The zero-order valence-electron chi connectivity index (χ0n) is 28.2. The van der Waals surface area contributed by atoms with Crippen LogP contribution in [0.15, 0.2) is 121 Å². The largest absolute Gasteiger partial charge is 0.457 e. The third kappa shape index (κ3) is 10.1. The molecule has 0 aliphatic rings. The first-order valence-corrected chi connectivity index (χ1v) is 15.4. The Morgan fingerprint density at radius 1 is 0.458 bits per heavy atom. The van der Waals surface area contributed by atoms with Crippen LogP contribution in [0, 0.1) is 10.8 Å². The van der Waals surface area contributed by atoms with Crippen molar-refractivity contribution in [1.82, 2.24) is 0 Å². The fraction of sp³-hybridized carbons (Fsp3) is 0.200. The third-order valence-corrected chi connectivity index (χ3v) is 7.60. The number of hydrogen-bond acceptors (Lipinski definition) is 4. The van der Waals surface area contributed by atoms with Gasteiger partial charge in [0.15, 0.2) is 0 Å². The third-order valence-electron chi connectivity index (χ3n) is 7.60. The molecule has 0 bridgehead atoms. The molecule has 5 aromatic carbocycles. The summed E-state index contributed by atoms with van der Waals surface area (Å²) in [5, 5.41) is 23.3. The lowest BCUT2D eigenvalue weighted by atomic mass is 9.86. The zero-order valence-corrected chi connectivity index (χ0v) is 29.8. The van der Waals surface area contributed by atoms with Crippen LogP contribution in [0.25, 0.3) is 0 Å². The van der Waals surface area contributed by atoms with Crippen molar-refractivity contribution in [2.75, 3.05) is 10.6 Å². The highest BCUT2D eigenvalue weighted by atomic mass is 35.5. The number of nitrogens with one attached hydrogen (secondary N) is 4. The summed E-state index contributed by atoms with van der Waals surface area (Å²) in [5.74, 6) is 3.33. The second-order valence-electron chi connectivity index (χ2n) is 13.4. The van der Waals surface area contributed by atoms with Crippen LogP contribution < -0.4 is 20.1 Å². The standard InChI is InChI=1S/C40H42N4O2.2ClH/c1-39(2,3)29-14-10-27(11-15-29)37(41)43-31-18-22-33(23-19-31)45-35-8-7-9-36(26-35)46-34-24-20-32(21-25-34)44-38(42)28-12-16-30(17-13-28)40(4,5)6;;/h7-26H,1-6H3,(H2,41,43)(H2,42,44);2*1H. The van der Waals surface area contributed by atoms with Crippen molar-refractivity contribution in [3.05, 3.63) is 144 Å². The van der Waals surface area contributed by atoms with Gasteiger partial charge in [-0.1, -0.05) is 96.1 Å². The average Bonchev–Trinajstić information content (AvgIpc) is 3.02. The number of ether oxygens (including phenoxy) is 2. The van der Waals surface area contributed by atoms with Gasteiger partial charge in [0, 0.05) is 28.6 Å². The Bertz CT molecular complexity index is 1670. The van der Waals surface area contributed by atoms with Crippen LogP contribution >= 0.6 is 24.8 Å². The van der Waals surface area contributed by atoms with Gasteiger partial charge in [0.25, 0.3) is 0 Å². The lowest BCUT2D eigenvalue weighted by Gasteiger charge is -2.19. The van der Waals surface area contributed by atoms with Gasteiger partial charge in [-0.3, -0.25) is 10.8 Å². The Morgan fingerprint density at radius 3 is 1.10 bits per heavy atom. The SMILES string of the molecule is CC(C)(C)c1ccc(C(=N)Nc2ccc(Oc3cccc(Oc4ccc(NC(=N)c5ccc(C(C)(C)C)cc5)cc4)c3)cc2)cc1.Cl.Cl. The van der Waals surface area contributed by atoms with Gasteiger partial charge in [-0.25, -0.2) is 0 Å². The van der Waals surface area contributed by atoms with Crippen LogP contribution in [0.3, 0.4) is 0 Å². The minimum atomic E-state index is 0. The Labute approximate surface area is 296 Å². The maximum absolute atomic E-state index is 8.47. The van der Waals surface area contributed by atoms with Crippen molar-refractivity contribution in [3.8, 4) is 23.0 Å². The van der Waals surface area contributed by atoms with E-state index in [2.05, 4.69) is 76.4 Å². The van der Waals surface area contributed by atoms with Gasteiger partial charge in [0.1, 0.15) is 34.7 Å². The van der Waals surface area contributed by atoms with Crippen LogP contribution in [-0.2, 0) is 10.8 Å². The van der Waals surface area contributed by atoms with Gasteiger partial charge < -0.3 is 20.1 Å². The molecule has 0 radical (unpaired) electrons. The molecule has 0 spiro atoms. The summed E-state index contributed by atoms with van der Waals surface area (Å²) in [5.41, 5.74) is 5.90. The minimum absolute atomic E-state index is 0. The van der Waals surface area contributed by atoms with E-state index >= 15 is 0 Å². The number of halogens is 2. The van der Waals surface area contributed by atoms with Crippen molar-refractivity contribution >= 4 is 47.9 Å². The quantitative estimate of drug-likeness (QED) is 0.0968. The normalized spacial score (nSPS) is 11.0. The molecule has 0 aromatic heterocycles. The van der Waals surface area contributed by atoms with Crippen LogP contribution in [0.2, 0.25) is 0 Å². The van der Waals surface area contributed by atoms with Crippen molar-refractivity contribution in [1.29, 1.82) is 10.8 Å². The molecule has 5 rings (SSSR count). The molecular formula is C40H44Cl2N4O2. The molecule has 0 heterocycles. The molecule has 6 nitrogen and oxygen atoms in total.